The maximum atomic E-state index is 5.79. The van der Waals surface area contributed by atoms with Gasteiger partial charge in [-0.15, -0.1) is 23.2 Å². The zero-order chi connectivity index (χ0) is 6.58. The molecule has 0 nitrogen and oxygen atoms in total. The summed E-state index contributed by atoms with van der Waals surface area (Å²) in [5, 5.41) is 0. The van der Waals surface area contributed by atoms with E-state index in [1.807, 2.05) is 13.8 Å². The number of rotatable bonds is 0. The Morgan fingerprint density at radius 1 is 1.38 bits per heavy atom. The second kappa shape index (κ2) is 1.35. The summed E-state index contributed by atoms with van der Waals surface area (Å²) in [7, 11) is 0. The Hall–Kier alpha value is 0.580. The Bertz CT molecular complexity index is 102. The lowest BCUT2D eigenvalue weighted by atomic mass is 10.1. The first-order valence-corrected chi connectivity index (χ1v) is 3.37. The lowest BCUT2D eigenvalue weighted by Gasteiger charge is -1.99. The van der Waals surface area contributed by atoms with Gasteiger partial charge in [0.15, 0.2) is 0 Å². The van der Waals surface area contributed by atoms with Gasteiger partial charge in [-0.1, -0.05) is 13.8 Å². The topological polar surface area (TPSA) is 0 Å². The van der Waals surface area contributed by atoms with Crippen LogP contribution in [0.5, 0.6) is 0 Å². The molecular formula is C6H9Cl2. The first-order valence-electron chi connectivity index (χ1n) is 2.61. The number of halogens is 2. The first kappa shape index (κ1) is 6.70. The van der Waals surface area contributed by atoms with E-state index in [2.05, 4.69) is 6.92 Å². The van der Waals surface area contributed by atoms with Crippen LogP contribution in [0.25, 0.3) is 0 Å². The molecule has 0 spiro atoms. The lowest BCUT2D eigenvalue weighted by Crippen LogP contribution is -1.96. The number of hydrogen-bond acceptors (Lipinski definition) is 0. The fourth-order valence-electron chi connectivity index (χ4n) is 0.757. The number of hydrogen-bond donors (Lipinski definition) is 0. The van der Waals surface area contributed by atoms with Gasteiger partial charge in [0.2, 0.25) is 0 Å². The molecule has 1 unspecified atom stereocenters. The molecule has 0 aliphatic heterocycles. The van der Waals surface area contributed by atoms with E-state index in [0.717, 1.165) is 0 Å². The first-order chi connectivity index (χ1) is 3.40. The van der Waals surface area contributed by atoms with E-state index in [1.165, 1.54) is 0 Å². The largest absolute Gasteiger partial charge is 0.127 e. The van der Waals surface area contributed by atoms with Gasteiger partial charge in [-0.3, -0.25) is 0 Å². The molecule has 0 aromatic carbocycles. The summed E-state index contributed by atoms with van der Waals surface area (Å²) in [6.45, 7) is 7.83. The van der Waals surface area contributed by atoms with Crippen LogP contribution in [0.15, 0.2) is 0 Å². The summed E-state index contributed by atoms with van der Waals surface area (Å²) in [4.78, 5) is 0. The zero-order valence-corrected chi connectivity index (χ0v) is 6.55. The Morgan fingerprint density at radius 3 is 1.50 bits per heavy atom. The number of alkyl halides is 2. The third kappa shape index (κ3) is 0.534. The van der Waals surface area contributed by atoms with Crippen molar-refractivity contribution in [3.63, 3.8) is 0 Å². The van der Waals surface area contributed by atoms with E-state index < -0.39 is 4.33 Å². The molecule has 0 amide bonds. The van der Waals surface area contributed by atoms with Crippen LogP contribution in [0.2, 0.25) is 0 Å². The minimum absolute atomic E-state index is 0.0239. The van der Waals surface area contributed by atoms with Crippen molar-refractivity contribution in [1.82, 2.24) is 0 Å². The molecule has 1 fully saturated rings. The molecule has 8 heavy (non-hydrogen) atoms. The van der Waals surface area contributed by atoms with Crippen LogP contribution >= 0.6 is 23.2 Å². The Balaban J connectivity index is 2.72. The van der Waals surface area contributed by atoms with Gasteiger partial charge in [0.05, 0.1) is 0 Å². The molecule has 47 valence electrons. The van der Waals surface area contributed by atoms with E-state index in [0.29, 0.717) is 0 Å². The van der Waals surface area contributed by atoms with Crippen molar-refractivity contribution in [3.8, 4) is 0 Å². The van der Waals surface area contributed by atoms with Gasteiger partial charge in [0, 0.05) is 11.3 Å². The van der Waals surface area contributed by atoms with Gasteiger partial charge >= 0.3 is 0 Å². The highest BCUT2D eigenvalue weighted by Gasteiger charge is 2.67. The molecule has 1 rings (SSSR count). The SMILES string of the molecule is [CH2]C1C(C)(C)C1(Cl)Cl. The van der Waals surface area contributed by atoms with Crippen molar-refractivity contribution < 1.29 is 0 Å². The fraction of sp³-hybridized carbons (Fsp3) is 0.833. The highest BCUT2D eigenvalue weighted by atomic mass is 35.5. The molecule has 0 bridgehead atoms. The van der Waals surface area contributed by atoms with E-state index in [1.54, 1.807) is 0 Å². The van der Waals surface area contributed by atoms with Crippen LogP contribution in [0.3, 0.4) is 0 Å². The normalized spacial score (nSPS) is 39.4. The van der Waals surface area contributed by atoms with Gasteiger partial charge in [-0.2, -0.15) is 0 Å². The summed E-state index contributed by atoms with van der Waals surface area (Å²) in [5.41, 5.74) is 0.0239. The standard InChI is InChI=1S/C6H9Cl2/c1-4-5(2,3)6(4,7)8/h4H,1H2,2-3H3. The molecule has 2 heteroatoms. The molecule has 1 atom stereocenters. The Labute approximate surface area is 60.2 Å². The van der Waals surface area contributed by atoms with Crippen LogP contribution in [0.4, 0.5) is 0 Å². The van der Waals surface area contributed by atoms with Crippen LogP contribution in [0, 0.1) is 18.3 Å². The van der Waals surface area contributed by atoms with Crippen molar-refractivity contribution in [1.29, 1.82) is 0 Å². The van der Waals surface area contributed by atoms with Crippen LogP contribution in [-0.2, 0) is 0 Å². The Morgan fingerprint density at radius 2 is 1.50 bits per heavy atom. The van der Waals surface area contributed by atoms with Crippen LogP contribution in [-0.4, -0.2) is 4.33 Å². The van der Waals surface area contributed by atoms with Crippen molar-refractivity contribution in [2.75, 3.05) is 0 Å². The molecule has 0 aromatic rings. The predicted octanol–water partition coefficient (Wildman–Crippen LogP) is 2.65. The third-order valence-corrected chi connectivity index (χ3v) is 3.59. The van der Waals surface area contributed by atoms with Crippen LogP contribution < -0.4 is 0 Å². The quantitative estimate of drug-likeness (QED) is 0.468. The van der Waals surface area contributed by atoms with Crippen molar-refractivity contribution >= 4 is 23.2 Å². The van der Waals surface area contributed by atoms with E-state index >= 15 is 0 Å². The maximum Gasteiger partial charge on any atom is 0.127 e. The van der Waals surface area contributed by atoms with Gasteiger partial charge in [-0.25, -0.2) is 0 Å². The second-order valence-electron chi connectivity index (χ2n) is 2.90. The van der Waals surface area contributed by atoms with Crippen LogP contribution in [0.1, 0.15) is 13.8 Å². The highest BCUT2D eigenvalue weighted by Crippen LogP contribution is 2.68. The smallest absolute Gasteiger partial charge is 0.101 e. The molecule has 0 aromatic heterocycles. The van der Waals surface area contributed by atoms with Crippen molar-refractivity contribution in [3.05, 3.63) is 6.92 Å². The Kier molecular flexibility index (Phi) is 1.13. The van der Waals surface area contributed by atoms with E-state index in [-0.39, 0.29) is 11.3 Å². The molecule has 0 N–H and O–H groups in total. The van der Waals surface area contributed by atoms with Gasteiger partial charge < -0.3 is 0 Å². The molecule has 1 radical (unpaired) electrons. The monoisotopic (exact) mass is 151 g/mol. The summed E-state index contributed by atoms with van der Waals surface area (Å²) in [5.74, 6) is 0.193. The lowest BCUT2D eigenvalue weighted by molar-refractivity contribution is 0.602. The third-order valence-electron chi connectivity index (χ3n) is 2.08. The van der Waals surface area contributed by atoms with Crippen molar-refractivity contribution in [2.45, 2.75) is 18.2 Å². The average Bonchev–Trinajstić information content (AvgIpc) is 1.88. The molecule has 0 saturated heterocycles. The minimum Gasteiger partial charge on any atom is -0.101 e. The summed E-state index contributed by atoms with van der Waals surface area (Å²) < 4.78 is -0.562. The van der Waals surface area contributed by atoms with Gasteiger partial charge in [-0.05, 0) is 6.92 Å². The second-order valence-corrected chi connectivity index (χ2v) is 4.28. The fourth-order valence-corrected chi connectivity index (χ4v) is 1.46. The minimum atomic E-state index is -0.562. The van der Waals surface area contributed by atoms with Gasteiger partial charge in [0.25, 0.3) is 0 Å². The summed E-state index contributed by atoms with van der Waals surface area (Å²) in [6, 6.07) is 0. The highest BCUT2D eigenvalue weighted by molar-refractivity contribution is 6.51. The molecule has 0 heterocycles. The van der Waals surface area contributed by atoms with E-state index in [9.17, 15) is 0 Å². The molecule has 1 aliphatic carbocycles. The predicted molar refractivity (Wildman–Crippen MR) is 37.1 cm³/mol. The molecular weight excluding hydrogens is 143 g/mol. The summed E-state index contributed by atoms with van der Waals surface area (Å²) >= 11 is 11.6. The maximum absolute atomic E-state index is 5.79. The van der Waals surface area contributed by atoms with E-state index in [4.69, 9.17) is 23.2 Å². The van der Waals surface area contributed by atoms with Gasteiger partial charge in [0.1, 0.15) is 4.33 Å². The molecule has 1 aliphatic rings. The molecule has 1 saturated carbocycles. The average molecular weight is 152 g/mol. The zero-order valence-electron chi connectivity index (χ0n) is 5.04. The van der Waals surface area contributed by atoms with Crippen molar-refractivity contribution in [2.24, 2.45) is 11.3 Å². The summed E-state index contributed by atoms with van der Waals surface area (Å²) in [6.07, 6.45) is 0.